The van der Waals surface area contributed by atoms with Gasteiger partial charge in [0.15, 0.2) is 0 Å². The molecule has 4 heteroatoms. The minimum Gasteiger partial charge on any atom is -0.469 e. The van der Waals surface area contributed by atoms with Crippen molar-refractivity contribution >= 4 is 15.9 Å². The summed E-state index contributed by atoms with van der Waals surface area (Å²) in [5.74, 6) is 0.749. The lowest BCUT2D eigenvalue weighted by Gasteiger charge is -2.05. The summed E-state index contributed by atoms with van der Waals surface area (Å²) in [6.07, 6.45) is 2.47. The van der Waals surface area contributed by atoms with E-state index in [2.05, 4.69) is 21.2 Å². The van der Waals surface area contributed by atoms with Gasteiger partial charge in [0.25, 0.3) is 0 Å². The smallest absolute Gasteiger partial charge is 0.128 e. The summed E-state index contributed by atoms with van der Waals surface area (Å²) in [4.78, 5) is 0. The molecule has 2 aromatic rings. The molecule has 0 unspecified atom stereocenters. The van der Waals surface area contributed by atoms with Crippen molar-refractivity contribution < 1.29 is 8.81 Å². The van der Waals surface area contributed by atoms with E-state index >= 15 is 0 Å². The molecule has 0 aliphatic rings. The Labute approximate surface area is 108 Å². The van der Waals surface area contributed by atoms with Crippen molar-refractivity contribution in [2.24, 2.45) is 0 Å². The summed E-state index contributed by atoms with van der Waals surface area (Å²) in [6.45, 7) is 1.29. The third-order valence-corrected chi connectivity index (χ3v) is 2.95. The maximum absolute atomic E-state index is 13.5. The van der Waals surface area contributed by atoms with Crippen LogP contribution < -0.4 is 5.32 Å². The Morgan fingerprint density at radius 1 is 1.29 bits per heavy atom. The van der Waals surface area contributed by atoms with Gasteiger partial charge in [-0.3, -0.25) is 0 Å². The highest BCUT2D eigenvalue weighted by atomic mass is 79.9. The van der Waals surface area contributed by atoms with Crippen molar-refractivity contribution in [1.82, 2.24) is 5.32 Å². The SMILES string of the molecule is Fc1cc(Br)ccc1CNCCc1ccco1. The van der Waals surface area contributed by atoms with Crippen LogP contribution in [0, 0.1) is 5.82 Å². The van der Waals surface area contributed by atoms with Crippen LogP contribution in [-0.4, -0.2) is 6.54 Å². The van der Waals surface area contributed by atoms with Gasteiger partial charge in [0.2, 0.25) is 0 Å². The highest BCUT2D eigenvalue weighted by Gasteiger charge is 2.02. The van der Waals surface area contributed by atoms with E-state index in [0.29, 0.717) is 12.1 Å². The second-order valence-electron chi connectivity index (χ2n) is 3.74. The summed E-state index contributed by atoms with van der Waals surface area (Å²) in [5, 5.41) is 3.18. The molecular formula is C13H13BrFNO. The van der Waals surface area contributed by atoms with Gasteiger partial charge in [-0.15, -0.1) is 0 Å². The second kappa shape index (κ2) is 5.98. The van der Waals surface area contributed by atoms with Gasteiger partial charge in [0.1, 0.15) is 11.6 Å². The lowest BCUT2D eigenvalue weighted by molar-refractivity contribution is 0.497. The van der Waals surface area contributed by atoms with Gasteiger partial charge in [-0.25, -0.2) is 4.39 Å². The van der Waals surface area contributed by atoms with Gasteiger partial charge in [0.05, 0.1) is 6.26 Å². The molecule has 0 radical (unpaired) electrons. The van der Waals surface area contributed by atoms with Crippen LogP contribution in [0.4, 0.5) is 4.39 Å². The molecule has 0 spiro atoms. The molecular weight excluding hydrogens is 285 g/mol. The van der Waals surface area contributed by atoms with E-state index in [1.54, 1.807) is 12.3 Å². The second-order valence-corrected chi connectivity index (χ2v) is 4.66. The van der Waals surface area contributed by atoms with Crippen molar-refractivity contribution in [1.29, 1.82) is 0 Å². The summed E-state index contributed by atoms with van der Waals surface area (Å²) in [5.41, 5.74) is 0.674. The zero-order chi connectivity index (χ0) is 12.1. The molecule has 1 aromatic heterocycles. The minimum absolute atomic E-state index is 0.190. The maximum atomic E-state index is 13.5. The molecule has 0 aliphatic heterocycles. The van der Waals surface area contributed by atoms with Gasteiger partial charge in [0, 0.05) is 29.5 Å². The topological polar surface area (TPSA) is 25.2 Å². The predicted octanol–water partition coefficient (Wildman–Crippen LogP) is 3.51. The lowest BCUT2D eigenvalue weighted by atomic mass is 10.2. The summed E-state index contributed by atoms with van der Waals surface area (Å²) in [7, 11) is 0. The molecule has 2 rings (SSSR count). The van der Waals surface area contributed by atoms with Crippen LogP contribution in [-0.2, 0) is 13.0 Å². The zero-order valence-corrected chi connectivity index (χ0v) is 10.8. The number of halogens is 2. The minimum atomic E-state index is -0.190. The monoisotopic (exact) mass is 297 g/mol. The van der Waals surface area contributed by atoms with E-state index in [0.717, 1.165) is 23.2 Å². The molecule has 2 nitrogen and oxygen atoms in total. The van der Waals surface area contributed by atoms with E-state index in [-0.39, 0.29) is 5.82 Å². The summed E-state index contributed by atoms with van der Waals surface area (Å²) >= 11 is 3.23. The van der Waals surface area contributed by atoms with Crippen LogP contribution in [0.15, 0.2) is 45.5 Å². The first kappa shape index (κ1) is 12.3. The Hall–Kier alpha value is -1.13. The van der Waals surface area contributed by atoms with Crippen LogP contribution in [0.5, 0.6) is 0 Å². The highest BCUT2D eigenvalue weighted by molar-refractivity contribution is 9.10. The van der Waals surface area contributed by atoms with Gasteiger partial charge in [-0.2, -0.15) is 0 Å². The first-order valence-electron chi connectivity index (χ1n) is 5.43. The Bertz CT molecular complexity index is 470. The van der Waals surface area contributed by atoms with Crippen LogP contribution in [0.25, 0.3) is 0 Å². The van der Waals surface area contributed by atoms with Crippen LogP contribution in [0.1, 0.15) is 11.3 Å². The van der Waals surface area contributed by atoms with Crippen LogP contribution >= 0.6 is 15.9 Å². The zero-order valence-electron chi connectivity index (χ0n) is 9.25. The number of hydrogen-bond donors (Lipinski definition) is 1. The Morgan fingerprint density at radius 2 is 2.18 bits per heavy atom. The third-order valence-electron chi connectivity index (χ3n) is 2.46. The van der Waals surface area contributed by atoms with Crippen molar-refractivity contribution in [2.45, 2.75) is 13.0 Å². The van der Waals surface area contributed by atoms with Gasteiger partial charge in [-0.1, -0.05) is 22.0 Å². The number of furan rings is 1. The predicted molar refractivity (Wildman–Crippen MR) is 68.2 cm³/mol. The molecule has 0 bridgehead atoms. The highest BCUT2D eigenvalue weighted by Crippen LogP contribution is 2.14. The molecule has 0 fully saturated rings. The average molecular weight is 298 g/mol. The summed E-state index contributed by atoms with van der Waals surface area (Å²) < 4.78 is 19.4. The average Bonchev–Trinajstić information content (AvgIpc) is 2.79. The van der Waals surface area contributed by atoms with E-state index in [1.165, 1.54) is 6.07 Å². The molecule has 17 heavy (non-hydrogen) atoms. The van der Waals surface area contributed by atoms with Gasteiger partial charge in [-0.05, 0) is 24.3 Å². The van der Waals surface area contributed by atoms with Crippen molar-refractivity contribution in [3.63, 3.8) is 0 Å². The molecule has 1 aromatic carbocycles. The quantitative estimate of drug-likeness (QED) is 0.855. The molecule has 0 saturated heterocycles. The number of benzene rings is 1. The largest absolute Gasteiger partial charge is 0.469 e. The fourth-order valence-electron chi connectivity index (χ4n) is 1.55. The Kier molecular flexibility index (Phi) is 4.34. The molecule has 0 aliphatic carbocycles. The Balaban J connectivity index is 1.78. The van der Waals surface area contributed by atoms with Crippen molar-refractivity contribution in [3.05, 3.63) is 58.2 Å². The van der Waals surface area contributed by atoms with Crippen molar-refractivity contribution in [3.8, 4) is 0 Å². The van der Waals surface area contributed by atoms with Gasteiger partial charge < -0.3 is 9.73 Å². The molecule has 0 saturated carbocycles. The molecule has 0 atom stereocenters. The van der Waals surface area contributed by atoms with E-state index in [1.807, 2.05) is 18.2 Å². The molecule has 1 N–H and O–H groups in total. The summed E-state index contributed by atoms with van der Waals surface area (Å²) in [6, 6.07) is 8.89. The van der Waals surface area contributed by atoms with Gasteiger partial charge >= 0.3 is 0 Å². The first-order valence-corrected chi connectivity index (χ1v) is 6.22. The fraction of sp³-hybridized carbons (Fsp3) is 0.231. The number of hydrogen-bond acceptors (Lipinski definition) is 2. The molecule has 1 heterocycles. The van der Waals surface area contributed by atoms with Crippen LogP contribution in [0.2, 0.25) is 0 Å². The third kappa shape index (κ3) is 3.68. The number of nitrogens with one attached hydrogen (secondary N) is 1. The van der Waals surface area contributed by atoms with E-state index in [9.17, 15) is 4.39 Å². The maximum Gasteiger partial charge on any atom is 0.128 e. The molecule has 90 valence electrons. The van der Waals surface area contributed by atoms with E-state index in [4.69, 9.17) is 4.42 Å². The molecule has 0 amide bonds. The van der Waals surface area contributed by atoms with Crippen LogP contribution in [0.3, 0.4) is 0 Å². The number of rotatable bonds is 5. The fourth-order valence-corrected chi connectivity index (χ4v) is 1.89. The first-order chi connectivity index (χ1) is 8.25. The lowest BCUT2D eigenvalue weighted by Crippen LogP contribution is -2.17. The Morgan fingerprint density at radius 3 is 2.88 bits per heavy atom. The van der Waals surface area contributed by atoms with Crippen molar-refractivity contribution in [2.75, 3.05) is 6.54 Å². The standard InChI is InChI=1S/C13H13BrFNO/c14-11-4-3-10(13(15)8-11)9-16-6-5-12-2-1-7-17-12/h1-4,7-8,16H,5-6,9H2. The normalized spacial score (nSPS) is 10.7. The van der Waals surface area contributed by atoms with E-state index < -0.39 is 0 Å².